The van der Waals surface area contributed by atoms with Gasteiger partial charge in [-0.05, 0) is 12.8 Å². The molecule has 19 heavy (non-hydrogen) atoms. The topological polar surface area (TPSA) is 99.3 Å². The molecule has 1 aliphatic rings. The van der Waals surface area contributed by atoms with E-state index in [1.807, 2.05) is 0 Å². The number of carboxylic acids is 1. The summed E-state index contributed by atoms with van der Waals surface area (Å²) in [5.41, 5.74) is 0.644. The first kappa shape index (κ1) is 13.8. The van der Waals surface area contributed by atoms with E-state index in [1.165, 1.54) is 0 Å². The third-order valence-corrected chi connectivity index (χ3v) is 4.16. The zero-order chi connectivity index (χ0) is 13.8. The van der Waals surface area contributed by atoms with Gasteiger partial charge in [-0.1, -0.05) is 24.2 Å². The number of carbonyl (C=O) groups excluding carboxylic acids is 1. The quantitative estimate of drug-likeness (QED) is 0.766. The highest BCUT2D eigenvalue weighted by Gasteiger charge is 2.35. The fraction of sp³-hybridized carbons (Fsp3) is 0.583. The first-order valence-electron chi connectivity index (χ1n) is 6.25. The molecule has 2 rings (SSSR count). The zero-order valence-corrected chi connectivity index (χ0v) is 11.2. The summed E-state index contributed by atoms with van der Waals surface area (Å²) in [6.45, 7) is 0.237. The van der Waals surface area contributed by atoms with E-state index in [0.717, 1.165) is 24.2 Å². The van der Waals surface area contributed by atoms with Crippen molar-refractivity contribution in [1.29, 1.82) is 0 Å². The van der Waals surface area contributed by atoms with E-state index in [9.17, 15) is 14.4 Å². The summed E-state index contributed by atoms with van der Waals surface area (Å²) >= 11 is 1.04. The number of hydrogen-bond acceptors (Lipinski definition) is 4. The Hall–Kier alpha value is -1.63. The van der Waals surface area contributed by atoms with Gasteiger partial charge in [0.15, 0.2) is 0 Å². The molecule has 1 saturated carbocycles. The highest BCUT2D eigenvalue weighted by Crippen LogP contribution is 2.30. The number of carbonyl (C=O) groups is 2. The summed E-state index contributed by atoms with van der Waals surface area (Å²) in [5.74, 6) is -2.19. The average molecular weight is 284 g/mol. The molecule has 0 aliphatic heterocycles. The van der Waals surface area contributed by atoms with Gasteiger partial charge in [0.2, 0.25) is 5.91 Å². The molecule has 1 aliphatic carbocycles. The monoisotopic (exact) mass is 284 g/mol. The number of hydrogen-bond donors (Lipinski definition) is 3. The van der Waals surface area contributed by atoms with Gasteiger partial charge in [0.05, 0.1) is 18.4 Å². The number of aromatic nitrogens is 1. The molecule has 7 heteroatoms. The zero-order valence-electron chi connectivity index (χ0n) is 10.3. The van der Waals surface area contributed by atoms with Crippen LogP contribution in [0.15, 0.2) is 10.2 Å². The summed E-state index contributed by atoms with van der Waals surface area (Å²) in [6.07, 6.45) is 2.92. The van der Waals surface area contributed by atoms with Crippen molar-refractivity contribution < 1.29 is 14.7 Å². The van der Waals surface area contributed by atoms with Crippen molar-refractivity contribution in [3.63, 3.8) is 0 Å². The molecule has 104 valence electrons. The maximum Gasteiger partial charge on any atom is 0.307 e. The predicted molar refractivity (Wildman–Crippen MR) is 69.9 cm³/mol. The van der Waals surface area contributed by atoms with Crippen LogP contribution in [0.4, 0.5) is 0 Å². The highest BCUT2D eigenvalue weighted by atomic mass is 32.1. The average Bonchev–Trinajstić information content (AvgIpc) is 2.81. The van der Waals surface area contributed by atoms with E-state index in [4.69, 9.17) is 5.11 Å². The summed E-state index contributed by atoms with van der Waals surface area (Å²) in [7, 11) is 0. The number of nitrogens with one attached hydrogen (secondary N) is 2. The Balaban J connectivity index is 1.94. The molecule has 0 spiro atoms. The Bertz CT molecular complexity index is 522. The maximum atomic E-state index is 12.0. The molecule has 1 amide bonds. The molecule has 0 bridgehead atoms. The van der Waals surface area contributed by atoms with Crippen LogP contribution in [0.2, 0.25) is 0 Å². The first-order valence-corrected chi connectivity index (χ1v) is 7.13. The van der Waals surface area contributed by atoms with Crippen LogP contribution in [-0.4, -0.2) is 22.0 Å². The Morgan fingerprint density at radius 1 is 1.37 bits per heavy atom. The standard InChI is InChI=1S/C12H16N2O4S/c15-10(13-5-7-6-19-12(18)14-7)8-3-1-2-4-9(8)11(16)17/h6,8-9H,1-5H2,(H,13,15)(H,14,18)(H,16,17)/t8-,9+/m1/s1. The van der Waals surface area contributed by atoms with Gasteiger partial charge in [0, 0.05) is 11.1 Å². The van der Waals surface area contributed by atoms with Gasteiger partial charge in [-0.3, -0.25) is 14.4 Å². The van der Waals surface area contributed by atoms with E-state index >= 15 is 0 Å². The lowest BCUT2D eigenvalue weighted by molar-refractivity contribution is -0.148. The molecule has 1 aromatic heterocycles. The second-order valence-electron chi connectivity index (χ2n) is 4.73. The summed E-state index contributed by atoms with van der Waals surface area (Å²) < 4.78 is 0. The highest BCUT2D eigenvalue weighted by molar-refractivity contribution is 7.07. The van der Waals surface area contributed by atoms with Gasteiger partial charge in [0.25, 0.3) is 0 Å². The maximum absolute atomic E-state index is 12.0. The number of amides is 1. The molecule has 0 aromatic carbocycles. The number of aromatic amines is 1. The van der Waals surface area contributed by atoms with Crippen LogP contribution < -0.4 is 10.2 Å². The molecule has 0 radical (unpaired) electrons. The van der Waals surface area contributed by atoms with Crippen LogP contribution in [0.5, 0.6) is 0 Å². The number of thiazole rings is 1. The van der Waals surface area contributed by atoms with E-state index in [1.54, 1.807) is 5.38 Å². The minimum absolute atomic E-state index is 0.162. The molecule has 1 fully saturated rings. The molecule has 0 saturated heterocycles. The second kappa shape index (κ2) is 6.01. The number of carboxylic acid groups (broad SMARTS) is 1. The minimum atomic E-state index is -0.899. The predicted octanol–water partition coefficient (Wildman–Crippen LogP) is 0.944. The Morgan fingerprint density at radius 3 is 2.63 bits per heavy atom. The molecule has 3 N–H and O–H groups in total. The minimum Gasteiger partial charge on any atom is -0.481 e. The van der Waals surface area contributed by atoms with Crippen molar-refractivity contribution in [3.05, 3.63) is 20.7 Å². The van der Waals surface area contributed by atoms with Gasteiger partial charge in [0.1, 0.15) is 0 Å². The molecular formula is C12H16N2O4S. The fourth-order valence-electron chi connectivity index (χ4n) is 2.45. The third kappa shape index (κ3) is 3.44. The largest absolute Gasteiger partial charge is 0.481 e. The van der Waals surface area contributed by atoms with Crippen LogP contribution in [0, 0.1) is 11.8 Å². The van der Waals surface area contributed by atoms with Crippen molar-refractivity contribution >= 4 is 23.2 Å². The van der Waals surface area contributed by atoms with Gasteiger partial charge in [-0.15, -0.1) is 0 Å². The molecule has 0 unspecified atom stereocenters. The van der Waals surface area contributed by atoms with E-state index in [0.29, 0.717) is 18.5 Å². The second-order valence-corrected chi connectivity index (χ2v) is 5.57. The summed E-state index contributed by atoms with van der Waals surface area (Å²) in [4.78, 5) is 36.5. The summed E-state index contributed by atoms with van der Waals surface area (Å²) in [5, 5.41) is 13.5. The number of H-pyrrole nitrogens is 1. The molecule has 1 heterocycles. The van der Waals surface area contributed by atoms with E-state index in [2.05, 4.69) is 10.3 Å². The SMILES string of the molecule is O=C(O)[C@H]1CCCC[C@H]1C(=O)NCc1csc(=O)[nH]1. The first-order chi connectivity index (χ1) is 9.08. The van der Waals surface area contributed by atoms with Crippen LogP contribution in [0.1, 0.15) is 31.4 Å². The van der Waals surface area contributed by atoms with Crippen LogP contribution >= 0.6 is 11.3 Å². The Morgan fingerprint density at radius 2 is 2.05 bits per heavy atom. The third-order valence-electron chi connectivity index (χ3n) is 3.44. The normalized spacial score (nSPS) is 22.9. The Labute approximate surface area is 113 Å². The van der Waals surface area contributed by atoms with Crippen LogP contribution in [-0.2, 0) is 16.1 Å². The van der Waals surface area contributed by atoms with Crippen molar-refractivity contribution in [2.24, 2.45) is 11.8 Å². The van der Waals surface area contributed by atoms with Gasteiger partial charge in [-0.2, -0.15) is 0 Å². The van der Waals surface area contributed by atoms with Crippen molar-refractivity contribution in [2.45, 2.75) is 32.2 Å². The lowest BCUT2D eigenvalue weighted by Crippen LogP contribution is -2.39. The van der Waals surface area contributed by atoms with Crippen LogP contribution in [0.25, 0.3) is 0 Å². The molecule has 1 aromatic rings. The fourth-order valence-corrected chi connectivity index (χ4v) is 3.04. The lowest BCUT2D eigenvalue weighted by atomic mass is 9.79. The Kier molecular flexibility index (Phi) is 4.36. The molecule has 6 nitrogen and oxygen atoms in total. The van der Waals surface area contributed by atoms with Crippen molar-refractivity contribution in [2.75, 3.05) is 0 Å². The number of rotatable bonds is 4. The molecular weight excluding hydrogens is 268 g/mol. The lowest BCUT2D eigenvalue weighted by Gasteiger charge is -2.27. The van der Waals surface area contributed by atoms with Crippen LogP contribution in [0.3, 0.4) is 0 Å². The number of aliphatic carboxylic acids is 1. The van der Waals surface area contributed by atoms with Gasteiger partial charge >= 0.3 is 10.8 Å². The van der Waals surface area contributed by atoms with E-state index in [-0.39, 0.29) is 17.3 Å². The molecule has 2 atom stereocenters. The van der Waals surface area contributed by atoms with Crippen molar-refractivity contribution in [3.8, 4) is 0 Å². The smallest absolute Gasteiger partial charge is 0.307 e. The van der Waals surface area contributed by atoms with Crippen molar-refractivity contribution in [1.82, 2.24) is 10.3 Å². The van der Waals surface area contributed by atoms with E-state index < -0.39 is 17.8 Å². The van der Waals surface area contributed by atoms with Gasteiger partial charge < -0.3 is 15.4 Å². The van der Waals surface area contributed by atoms with Gasteiger partial charge in [-0.25, -0.2) is 0 Å². The summed E-state index contributed by atoms with van der Waals surface area (Å²) in [6, 6.07) is 0.